The van der Waals surface area contributed by atoms with Crippen molar-refractivity contribution in [2.45, 2.75) is 18.9 Å². The van der Waals surface area contributed by atoms with Crippen LogP contribution in [-0.4, -0.2) is 6.54 Å². The maximum Gasteiger partial charge on any atom is 0.0328 e. The fourth-order valence-electron chi connectivity index (χ4n) is 2.02. The van der Waals surface area contributed by atoms with Crippen molar-refractivity contribution in [1.29, 1.82) is 0 Å². The molecule has 0 bridgehead atoms. The van der Waals surface area contributed by atoms with Gasteiger partial charge < -0.3 is 5.32 Å². The topological polar surface area (TPSA) is 12.0 Å². The normalized spacial score (nSPS) is 18.9. The van der Waals surface area contributed by atoms with Crippen LogP contribution in [0.15, 0.2) is 35.9 Å². The maximum absolute atomic E-state index is 5.47. The van der Waals surface area contributed by atoms with E-state index in [9.17, 15) is 0 Å². The lowest BCUT2D eigenvalue weighted by Crippen LogP contribution is -2.18. The summed E-state index contributed by atoms with van der Waals surface area (Å²) in [5.74, 6) is 0. The molecule has 1 nitrogen and oxygen atoms in total. The quantitative estimate of drug-likeness (QED) is 0.858. The van der Waals surface area contributed by atoms with E-state index in [0.29, 0.717) is 6.04 Å². The molecule has 1 N–H and O–H groups in total. The van der Waals surface area contributed by atoms with Gasteiger partial charge >= 0.3 is 0 Å². The van der Waals surface area contributed by atoms with E-state index in [-0.39, 0.29) is 12.4 Å². The molecule has 3 heteroatoms. The first-order valence-corrected chi connectivity index (χ1v) is 5.42. The second kappa shape index (κ2) is 6.16. The number of fused-ring (bicyclic) bond motifs is 1. The Labute approximate surface area is 102 Å². The second-order valence-corrected chi connectivity index (χ2v) is 3.81. The van der Waals surface area contributed by atoms with Crippen molar-refractivity contribution in [3.05, 3.63) is 47.0 Å². The molecule has 1 aliphatic carbocycles. The zero-order chi connectivity index (χ0) is 9.80. The number of hydrogen-bond acceptors (Lipinski definition) is 1. The van der Waals surface area contributed by atoms with Gasteiger partial charge in [-0.2, -0.15) is 0 Å². The lowest BCUT2D eigenvalue weighted by Gasteiger charge is -2.11. The maximum atomic E-state index is 5.47. The van der Waals surface area contributed by atoms with E-state index in [2.05, 4.69) is 29.6 Å². The largest absolute Gasteiger partial charge is 0.306 e. The average Bonchev–Trinajstić information content (AvgIpc) is 2.63. The molecule has 0 fully saturated rings. The molecule has 1 aromatic rings. The van der Waals surface area contributed by atoms with E-state index < -0.39 is 0 Å². The van der Waals surface area contributed by atoms with Crippen LogP contribution in [0, 0.1) is 0 Å². The smallest absolute Gasteiger partial charge is 0.0328 e. The molecule has 82 valence electrons. The molecular formula is C12H15Cl2N. The van der Waals surface area contributed by atoms with Gasteiger partial charge in [0.25, 0.3) is 0 Å². The average molecular weight is 244 g/mol. The predicted octanol–water partition coefficient (Wildman–Crippen LogP) is 3.44. The summed E-state index contributed by atoms with van der Waals surface area (Å²) < 4.78 is 0. The summed E-state index contributed by atoms with van der Waals surface area (Å²) in [7, 11) is 0. The SMILES string of the molecule is Cl.Cl/C=C/CNC1CCc2ccccc21. The monoisotopic (exact) mass is 243 g/mol. The Morgan fingerprint density at radius 1 is 1.40 bits per heavy atom. The highest BCUT2D eigenvalue weighted by atomic mass is 35.5. The fraction of sp³-hybridized carbons (Fsp3) is 0.333. The third kappa shape index (κ3) is 2.97. The molecule has 15 heavy (non-hydrogen) atoms. The van der Waals surface area contributed by atoms with Gasteiger partial charge in [-0.15, -0.1) is 12.4 Å². The predicted molar refractivity (Wildman–Crippen MR) is 67.7 cm³/mol. The van der Waals surface area contributed by atoms with Crippen LogP contribution in [0.25, 0.3) is 0 Å². The van der Waals surface area contributed by atoms with E-state index in [4.69, 9.17) is 11.6 Å². The Balaban J connectivity index is 0.00000112. The van der Waals surface area contributed by atoms with Crippen molar-refractivity contribution in [1.82, 2.24) is 5.32 Å². The summed E-state index contributed by atoms with van der Waals surface area (Å²) >= 11 is 5.47. The van der Waals surface area contributed by atoms with Gasteiger partial charge in [-0.25, -0.2) is 0 Å². The Morgan fingerprint density at radius 2 is 2.20 bits per heavy atom. The minimum absolute atomic E-state index is 0. The summed E-state index contributed by atoms with van der Waals surface area (Å²) in [5, 5.41) is 3.47. The van der Waals surface area contributed by atoms with Gasteiger partial charge in [0.1, 0.15) is 0 Å². The van der Waals surface area contributed by atoms with Crippen LogP contribution in [0.2, 0.25) is 0 Å². The first-order valence-electron chi connectivity index (χ1n) is 4.98. The van der Waals surface area contributed by atoms with Gasteiger partial charge in [0.15, 0.2) is 0 Å². The molecule has 1 aromatic carbocycles. The van der Waals surface area contributed by atoms with Gasteiger partial charge in [-0.05, 0) is 24.0 Å². The molecule has 1 unspecified atom stereocenters. The molecule has 0 saturated carbocycles. The van der Waals surface area contributed by atoms with Crippen LogP contribution in [0.5, 0.6) is 0 Å². The van der Waals surface area contributed by atoms with Crippen LogP contribution in [0.3, 0.4) is 0 Å². The summed E-state index contributed by atoms with van der Waals surface area (Å²) in [6, 6.07) is 9.16. The van der Waals surface area contributed by atoms with Gasteiger partial charge in [0, 0.05) is 18.1 Å². The van der Waals surface area contributed by atoms with Crippen LogP contribution in [0.4, 0.5) is 0 Å². The highest BCUT2D eigenvalue weighted by Crippen LogP contribution is 2.30. The Morgan fingerprint density at radius 3 is 3.00 bits per heavy atom. The summed E-state index contributed by atoms with van der Waals surface area (Å²) in [4.78, 5) is 0. The van der Waals surface area contributed by atoms with Crippen LogP contribution in [-0.2, 0) is 6.42 Å². The van der Waals surface area contributed by atoms with Crippen LogP contribution >= 0.6 is 24.0 Å². The van der Waals surface area contributed by atoms with Crippen LogP contribution in [0.1, 0.15) is 23.6 Å². The minimum atomic E-state index is 0. The molecule has 0 spiro atoms. The Bertz CT molecular complexity index is 336. The van der Waals surface area contributed by atoms with Crippen molar-refractivity contribution in [2.24, 2.45) is 0 Å². The molecule has 0 aromatic heterocycles. The standard InChI is InChI=1S/C12H14ClN.ClH/c13-8-3-9-14-12-7-6-10-4-1-2-5-11(10)12;/h1-5,8,12,14H,6-7,9H2;1H/b8-3+;. The van der Waals surface area contributed by atoms with Gasteiger partial charge in [-0.1, -0.05) is 41.9 Å². The first kappa shape index (κ1) is 12.6. The molecule has 1 atom stereocenters. The number of aryl methyl sites for hydroxylation is 1. The van der Waals surface area contributed by atoms with Crippen molar-refractivity contribution in [3.8, 4) is 0 Å². The zero-order valence-electron chi connectivity index (χ0n) is 8.45. The summed E-state index contributed by atoms with van der Waals surface area (Å²) in [6.45, 7) is 0.850. The number of benzene rings is 1. The van der Waals surface area contributed by atoms with Crippen LogP contribution < -0.4 is 5.32 Å². The molecule has 0 radical (unpaired) electrons. The number of halogens is 2. The third-order valence-electron chi connectivity index (χ3n) is 2.70. The van der Waals surface area contributed by atoms with Crippen molar-refractivity contribution in [2.75, 3.05) is 6.54 Å². The lowest BCUT2D eigenvalue weighted by atomic mass is 10.1. The van der Waals surface area contributed by atoms with Crippen molar-refractivity contribution in [3.63, 3.8) is 0 Å². The molecule has 0 saturated heterocycles. The summed E-state index contributed by atoms with van der Waals surface area (Å²) in [6.07, 6.45) is 4.33. The second-order valence-electron chi connectivity index (χ2n) is 3.56. The molecule has 0 heterocycles. The van der Waals surface area contributed by atoms with E-state index >= 15 is 0 Å². The molecule has 1 aliphatic rings. The third-order valence-corrected chi connectivity index (χ3v) is 2.88. The van der Waals surface area contributed by atoms with Crippen molar-refractivity contribution >= 4 is 24.0 Å². The molecule has 2 rings (SSSR count). The van der Waals surface area contributed by atoms with E-state index in [1.807, 2.05) is 6.08 Å². The number of rotatable bonds is 3. The molecular weight excluding hydrogens is 229 g/mol. The van der Waals surface area contributed by atoms with Gasteiger partial charge in [0.05, 0.1) is 0 Å². The zero-order valence-corrected chi connectivity index (χ0v) is 10.0. The highest BCUT2D eigenvalue weighted by molar-refractivity contribution is 6.25. The van der Waals surface area contributed by atoms with Gasteiger partial charge in [-0.3, -0.25) is 0 Å². The minimum Gasteiger partial charge on any atom is -0.306 e. The first-order chi connectivity index (χ1) is 6.92. The molecule has 0 amide bonds. The highest BCUT2D eigenvalue weighted by Gasteiger charge is 2.20. The van der Waals surface area contributed by atoms with Crippen molar-refractivity contribution < 1.29 is 0 Å². The number of hydrogen-bond donors (Lipinski definition) is 1. The fourth-order valence-corrected chi connectivity index (χ4v) is 2.11. The lowest BCUT2D eigenvalue weighted by molar-refractivity contribution is 0.564. The molecule has 0 aliphatic heterocycles. The van der Waals surface area contributed by atoms with E-state index in [1.165, 1.54) is 24.0 Å². The Hall–Kier alpha value is -0.500. The Kier molecular flexibility index (Phi) is 5.16. The van der Waals surface area contributed by atoms with Gasteiger partial charge in [0.2, 0.25) is 0 Å². The summed E-state index contributed by atoms with van der Waals surface area (Å²) in [5.41, 5.74) is 4.50. The number of nitrogens with one attached hydrogen (secondary N) is 1. The van der Waals surface area contributed by atoms with E-state index in [0.717, 1.165) is 6.54 Å². The van der Waals surface area contributed by atoms with E-state index in [1.54, 1.807) is 5.54 Å².